The van der Waals surface area contributed by atoms with Crippen LogP contribution in [0.1, 0.15) is 0 Å². The van der Waals surface area contributed by atoms with E-state index in [9.17, 15) is 0 Å². The van der Waals surface area contributed by atoms with Crippen molar-refractivity contribution < 1.29 is 14.0 Å². The fourth-order valence-corrected chi connectivity index (χ4v) is 0.289. The molecular formula is C3H9BNaO3. The van der Waals surface area contributed by atoms with Crippen LogP contribution in [0.15, 0.2) is 0 Å². The minimum absolute atomic E-state index is 0. The van der Waals surface area contributed by atoms with Crippen LogP contribution in [0.25, 0.3) is 0 Å². The Balaban J connectivity index is 0. The van der Waals surface area contributed by atoms with Gasteiger partial charge in [-0.15, -0.1) is 0 Å². The van der Waals surface area contributed by atoms with Crippen molar-refractivity contribution in [3.8, 4) is 0 Å². The van der Waals surface area contributed by atoms with Gasteiger partial charge in [0.25, 0.3) is 0 Å². The van der Waals surface area contributed by atoms with E-state index in [-0.39, 0.29) is 29.6 Å². The molecular weight excluding hydrogens is 118 g/mol. The summed E-state index contributed by atoms with van der Waals surface area (Å²) in [5, 5.41) is 0. The van der Waals surface area contributed by atoms with Crippen molar-refractivity contribution in [1.29, 1.82) is 0 Å². The van der Waals surface area contributed by atoms with E-state index in [1.165, 1.54) is 21.3 Å². The van der Waals surface area contributed by atoms with Crippen molar-refractivity contribution in [3.05, 3.63) is 0 Å². The molecule has 0 bridgehead atoms. The minimum atomic E-state index is -0.514. The number of rotatable bonds is 3. The van der Waals surface area contributed by atoms with Gasteiger partial charge in [0.1, 0.15) is 0 Å². The molecule has 0 aromatic heterocycles. The smallest absolute Gasteiger partial charge is 0.389 e. The summed E-state index contributed by atoms with van der Waals surface area (Å²) >= 11 is 0. The van der Waals surface area contributed by atoms with Crippen LogP contribution in [0.4, 0.5) is 0 Å². The average Bonchev–Trinajstić information content (AvgIpc) is 1.72. The molecule has 0 saturated carbocycles. The van der Waals surface area contributed by atoms with Crippen molar-refractivity contribution in [1.82, 2.24) is 0 Å². The van der Waals surface area contributed by atoms with E-state index in [4.69, 9.17) is 0 Å². The predicted octanol–water partition coefficient (Wildman–Crippen LogP) is -0.470. The van der Waals surface area contributed by atoms with E-state index in [0.29, 0.717) is 0 Å². The molecule has 0 aromatic rings. The molecule has 0 rings (SSSR count). The van der Waals surface area contributed by atoms with Crippen molar-refractivity contribution in [2.75, 3.05) is 21.3 Å². The normalized spacial score (nSPS) is 7.88. The SMILES string of the molecule is COB(OC)OC.[Na]. The van der Waals surface area contributed by atoms with Gasteiger partial charge in [-0.3, -0.25) is 0 Å². The van der Waals surface area contributed by atoms with Crippen molar-refractivity contribution in [3.63, 3.8) is 0 Å². The summed E-state index contributed by atoms with van der Waals surface area (Å²) in [4.78, 5) is 0. The second kappa shape index (κ2) is 7.94. The standard InChI is InChI=1S/C3H9BO3.Na/c1-5-4(6-2)7-3;/h1-3H3;. The van der Waals surface area contributed by atoms with Crippen LogP contribution in [0.5, 0.6) is 0 Å². The molecule has 8 heavy (non-hydrogen) atoms. The molecule has 0 saturated heterocycles. The Morgan fingerprint density at radius 2 is 1.12 bits per heavy atom. The van der Waals surface area contributed by atoms with Gasteiger partial charge >= 0.3 is 7.32 Å². The number of hydrogen-bond acceptors (Lipinski definition) is 3. The van der Waals surface area contributed by atoms with Gasteiger partial charge < -0.3 is 14.0 Å². The summed E-state index contributed by atoms with van der Waals surface area (Å²) in [6.45, 7) is 0. The molecule has 0 aliphatic heterocycles. The van der Waals surface area contributed by atoms with Gasteiger partial charge in [-0.1, -0.05) is 0 Å². The van der Waals surface area contributed by atoms with Crippen LogP contribution < -0.4 is 0 Å². The summed E-state index contributed by atoms with van der Waals surface area (Å²) in [5.74, 6) is 0. The molecule has 0 unspecified atom stereocenters. The van der Waals surface area contributed by atoms with E-state index >= 15 is 0 Å². The maximum Gasteiger partial charge on any atom is 0.638 e. The zero-order valence-electron chi connectivity index (χ0n) is 5.80. The van der Waals surface area contributed by atoms with Crippen LogP contribution >= 0.6 is 0 Å². The first-order valence-electron chi connectivity index (χ1n) is 1.93. The van der Waals surface area contributed by atoms with Crippen LogP contribution in [0.3, 0.4) is 0 Å². The van der Waals surface area contributed by atoms with Crippen LogP contribution in [0, 0.1) is 0 Å². The molecule has 0 amide bonds. The van der Waals surface area contributed by atoms with Gasteiger partial charge in [-0.05, 0) is 0 Å². The molecule has 1 radical (unpaired) electrons. The molecule has 0 aliphatic rings. The molecule has 0 heterocycles. The molecule has 0 atom stereocenters. The zero-order valence-corrected chi connectivity index (χ0v) is 7.80. The Kier molecular flexibility index (Phi) is 11.6. The monoisotopic (exact) mass is 127 g/mol. The van der Waals surface area contributed by atoms with Gasteiger partial charge in [0.2, 0.25) is 0 Å². The Morgan fingerprint density at radius 3 is 1.12 bits per heavy atom. The average molecular weight is 127 g/mol. The van der Waals surface area contributed by atoms with E-state index in [0.717, 1.165) is 0 Å². The minimum Gasteiger partial charge on any atom is -0.389 e. The summed E-state index contributed by atoms with van der Waals surface area (Å²) < 4.78 is 13.8. The predicted molar refractivity (Wildman–Crippen MR) is 32.5 cm³/mol. The molecule has 0 N–H and O–H groups in total. The fourth-order valence-electron chi connectivity index (χ4n) is 0.289. The summed E-state index contributed by atoms with van der Waals surface area (Å²) in [6, 6.07) is 0. The van der Waals surface area contributed by atoms with Gasteiger partial charge in [-0.2, -0.15) is 0 Å². The number of hydrogen-bond donors (Lipinski definition) is 0. The maximum absolute atomic E-state index is 4.60. The molecule has 43 valence electrons. The Bertz CT molecular complexity index is 36.0. The summed E-state index contributed by atoms with van der Waals surface area (Å²) in [5.41, 5.74) is 0. The second-order valence-corrected chi connectivity index (χ2v) is 0.996. The molecule has 5 heteroatoms. The zero-order chi connectivity index (χ0) is 5.70. The van der Waals surface area contributed by atoms with Crippen LogP contribution in [-0.2, 0) is 14.0 Å². The molecule has 0 fully saturated rings. The largest absolute Gasteiger partial charge is 0.638 e. The van der Waals surface area contributed by atoms with Crippen LogP contribution in [0.2, 0.25) is 0 Å². The first-order chi connectivity index (χ1) is 3.35. The Labute approximate surface area is 72.2 Å². The van der Waals surface area contributed by atoms with E-state index < -0.39 is 7.32 Å². The van der Waals surface area contributed by atoms with Gasteiger partial charge in [0.05, 0.1) is 0 Å². The van der Waals surface area contributed by atoms with Crippen molar-refractivity contribution in [2.45, 2.75) is 0 Å². The van der Waals surface area contributed by atoms with Crippen LogP contribution in [-0.4, -0.2) is 58.2 Å². The summed E-state index contributed by atoms with van der Waals surface area (Å²) in [6.07, 6.45) is 0. The fraction of sp³-hybridized carbons (Fsp3) is 1.00. The van der Waals surface area contributed by atoms with Crippen molar-refractivity contribution >= 4 is 36.9 Å². The van der Waals surface area contributed by atoms with Gasteiger partial charge in [0.15, 0.2) is 0 Å². The first-order valence-corrected chi connectivity index (χ1v) is 1.93. The molecule has 0 aliphatic carbocycles. The second-order valence-electron chi connectivity index (χ2n) is 0.996. The Hall–Kier alpha value is 0.945. The van der Waals surface area contributed by atoms with Gasteiger partial charge in [-0.25, -0.2) is 0 Å². The first kappa shape index (κ1) is 11.7. The quantitative estimate of drug-likeness (QED) is 0.479. The topological polar surface area (TPSA) is 27.7 Å². The summed E-state index contributed by atoms with van der Waals surface area (Å²) in [7, 11) is 4.02. The third kappa shape index (κ3) is 5.09. The molecule has 0 aromatic carbocycles. The Morgan fingerprint density at radius 1 is 0.875 bits per heavy atom. The maximum atomic E-state index is 4.60. The third-order valence-corrected chi connectivity index (χ3v) is 0.577. The van der Waals surface area contributed by atoms with E-state index in [2.05, 4.69) is 14.0 Å². The van der Waals surface area contributed by atoms with E-state index in [1.807, 2.05) is 0 Å². The molecule has 0 spiro atoms. The van der Waals surface area contributed by atoms with Crippen molar-refractivity contribution in [2.24, 2.45) is 0 Å². The van der Waals surface area contributed by atoms with Gasteiger partial charge in [0, 0.05) is 50.9 Å². The van der Waals surface area contributed by atoms with E-state index in [1.54, 1.807) is 0 Å². The third-order valence-electron chi connectivity index (χ3n) is 0.577. The molecule has 3 nitrogen and oxygen atoms in total.